The summed E-state index contributed by atoms with van der Waals surface area (Å²) >= 11 is 1.31. The van der Waals surface area contributed by atoms with Crippen LogP contribution in [0.3, 0.4) is 0 Å². The van der Waals surface area contributed by atoms with Crippen LogP contribution >= 0.6 is 0 Å². The maximum absolute atomic E-state index is 10.1. The zero-order chi connectivity index (χ0) is 10.3. The zero-order valence-electron chi connectivity index (χ0n) is 7.47. The quantitative estimate of drug-likeness (QED) is 0.588. The number of hydrogen-bond acceptors (Lipinski definition) is 3. The van der Waals surface area contributed by atoms with Gasteiger partial charge in [-0.3, -0.25) is 4.55 Å². The fourth-order valence-corrected chi connectivity index (χ4v) is 0.952. The van der Waals surface area contributed by atoms with Crippen LogP contribution in [0.4, 0.5) is 0 Å². The second kappa shape index (κ2) is 6.39. The summed E-state index contributed by atoms with van der Waals surface area (Å²) in [5.41, 5.74) is 0. The van der Waals surface area contributed by atoms with Gasteiger partial charge in [0.25, 0.3) is 0 Å². The summed E-state index contributed by atoms with van der Waals surface area (Å²) in [6, 6.07) is 7.75. The Bertz CT molecular complexity index is 322. The van der Waals surface area contributed by atoms with Crippen LogP contribution in [0.15, 0.2) is 30.3 Å². The molecule has 0 fully saturated rings. The van der Waals surface area contributed by atoms with Crippen LogP contribution in [0.5, 0.6) is 5.75 Å². The number of hydrogen-bond donors (Lipinski definition) is 1. The van der Waals surface area contributed by atoms with Gasteiger partial charge in [-0.15, -0.1) is 0 Å². The molecule has 0 aliphatic rings. The first-order chi connectivity index (χ1) is 6.08. The van der Waals surface area contributed by atoms with Crippen LogP contribution in [-0.4, -0.2) is 40.9 Å². The van der Waals surface area contributed by atoms with Gasteiger partial charge in [0, 0.05) is 0 Å². The SMILES string of the molecule is O=S(=O)(O)Oc1ccccc1.[CH3][Na]. The fourth-order valence-electron chi connectivity index (χ4n) is 0.598. The van der Waals surface area contributed by atoms with Crippen molar-refractivity contribution in [3.8, 4) is 5.75 Å². The summed E-state index contributed by atoms with van der Waals surface area (Å²) < 4.78 is 34.8. The molecule has 0 aromatic heterocycles. The van der Waals surface area contributed by atoms with Gasteiger partial charge in [0.15, 0.2) is 0 Å². The summed E-state index contributed by atoms with van der Waals surface area (Å²) in [5, 5.41) is 0. The molecule has 0 amide bonds. The van der Waals surface area contributed by atoms with E-state index < -0.39 is 10.4 Å². The van der Waals surface area contributed by atoms with Gasteiger partial charge in [-0.2, -0.15) is 8.42 Å². The molecule has 0 aliphatic carbocycles. The first-order valence-electron chi connectivity index (χ1n) is 3.80. The van der Waals surface area contributed by atoms with Gasteiger partial charge in [-0.1, -0.05) is 18.2 Å². The topological polar surface area (TPSA) is 63.6 Å². The molecule has 0 unspecified atom stereocenters. The minimum absolute atomic E-state index is 0.0926. The van der Waals surface area contributed by atoms with E-state index in [-0.39, 0.29) is 5.75 Å². The van der Waals surface area contributed by atoms with Crippen molar-refractivity contribution in [2.24, 2.45) is 0 Å². The van der Waals surface area contributed by atoms with Gasteiger partial charge in [0.1, 0.15) is 5.75 Å². The van der Waals surface area contributed by atoms with E-state index in [2.05, 4.69) is 8.36 Å². The Labute approximate surface area is 95.3 Å². The molecular weight excluding hydrogens is 203 g/mol. The summed E-state index contributed by atoms with van der Waals surface area (Å²) in [5.74, 6) is 0.0926. The van der Waals surface area contributed by atoms with E-state index >= 15 is 0 Å². The molecule has 0 spiro atoms. The number of rotatable bonds is 2. The molecule has 0 saturated heterocycles. The van der Waals surface area contributed by atoms with Crippen molar-refractivity contribution >= 4 is 38.3 Å². The van der Waals surface area contributed by atoms with Gasteiger partial charge in [0.05, 0.1) is 0 Å². The zero-order valence-corrected chi connectivity index (χ0v) is 10.3. The normalized spacial score (nSPS) is 9.85. The van der Waals surface area contributed by atoms with Crippen molar-refractivity contribution in [3.63, 3.8) is 0 Å². The van der Waals surface area contributed by atoms with Crippen molar-refractivity contribution in [1.29, 1.82) is 0 Å². The summed E-state index contributed by atoms with van der Waals surface area (Å²) in [6.45, 7) is 0. The molecule has 0 radical (unpaired) electrons. The maximum atomic E-state index is 10.1. The van der Waals surface area contributed by atoms with Crippen LogP contribution in [0.25, 0.3) is 0 Å². The van der Waals surface area contributed by atoms with Crippen LogP contribution in [0.2, 0.25) is 4.17 Å². The van der Waals surface area contributed by atoms with Crippen molar-refractivity contribution in [2.75, 3.05) is 0 Å². The Morgan fingerprint density at radius 1 is 1.23 bits per heavy atom. The van der Waals surface area contributed by atoms with Gasteiger partial charge in [-0.05, 0) is 12.1 Å². The van der Waals surface area contributed by atoms with Gasteiger partial charge in [0.2, 0.25) is 0 Å². The van der Waals surface area contributed by atoms with E-state index in [9.17, 15) is 8.42 Å². The molecule has 1 rings (SSSR count). The summed E-state index contributed by atoms with van der Waals surface area (Å²) in [4.78, 5) is 0. The molecule has 1 N–H and O–H groups in total. The standard InChI is InChI=1S/C6H6O4S.CH3.Na/c7-11(8,9)10-6-4-2-1-3-5-6;;/h1-5H,(H,7,8,9);1H3;. The van der Waals surface area contributed by atoms with Crippen molar-refractivity contribution in [1.82, 2.24) is 0 Å². The van der Waals surface area contributed by atoms with Crippen LogP contribution in [0, 0.1) is 0 Å². The van der Waals surface area contributed by atoms with Gasteiger partial charge >= 0.3 is 42.5 Å². The first-order valence-corrected chi connectivity index (χ1v) is 7.16. The molecular formula is C7H9NaO4S. The Hall–Kier alpha value is -0.0700. The number of para-hydroxylation sites is 1. The third kappa shape index (κ3) is 7.04. The average molecular weight is 212 g/mol. The van der Waals surface area contributed by atoms with E-state index in [1.54, 1.807) is 18.2 Å². The third-order valence-corrected chi connectivity index (χ3v) is 1.35. The molecule has 68 valence electrons. The van der Waals surface area contributed by atoms with E-state index in [4.69, 9.17) is 4.55 Å². The molecule has 0 bridgehead atoms. The Balaban J connectivity index is 0.000000671. The summed E-state index contributed by atoms with van der Waals surface area (Å²) in [7, 11) is -4.38. The molecule has 6 heteroatoms. The molecule has 0 atom stereocenters. The van der Waals surface area contributed by atoms with E-state index in [0.29, 0.717) is 0 Å². The van der Waals surface area contributed by atoms with Crippen LogP contribution < -0.4 is 4.18 Å². The molecule has 0 saturated carbocycles. The van der Waals surface area contributed by atoms with Gasteiger partial charge < -0.3 is 4.18 Å². The van der Waals surface area contributed by atoms with Crippen LogP contribution in [-0.2, 0) is 10.4 Å². The Kier molecular flexibility index (Phi) is 6.36. The molecule has 0 heterocycles. The minimum atomic E-state index is -4.38. The Morgan fingerprint density at radius 3 is 2.08 bits per heavy atom. The summed E-state index contributed by atoms with van der Waals surface area (Å²) in [6.07, 6.45) is 0. The predicted molar refractivity (Wildman–Crippen MR) is 50.2 cm³/mol. The van der Waals surface area contributed by atoms with Crippen LogP contribution in [0.1, 0.15) is 0 Å². The van der Waals surface area contributed by atoms with E-state index in [1.165, 1.54) is 40.1 Å². The van der Waals surface area contributed by atoms with E-state index in [1.807, 2.05) is 0 Å². The van der Waals surface area contributed by atoms with Gasteiger partial charge in [-0.25, -0.2) is 0 Å². The second-order valence-electron chi connectivity index (χ2n) is 1.82. The number of benzene rings is 1. The molecule has 13 heavy (non-hydrogen) atoms. The Morgan fingerprint density at radius 2 is 1.69 bits per heavy atom. The first kappa shape index (κ1) is 12.9. The molecule has 1 aromatic rings. The average Bonchev–Trinajstić information content (AvgIpc) is 2.07. The fraction of sp³-hybridized carbons (Fsp3) is 0.143. The molecule has 4 nitrogen and oxygen atoms in total. The molecule has 0 aliphatic heterocycles. The predicted octanol–water partition coefficient (Wildman–Crippen LogP) is 1.07. The van der Waals surface area contributed by atoms with Crippen molar-refractivity contribution < 1.29 is 17.2 Å². The molecule has 1 aromatic carbocycles. The monoisotopic (exact) mass is 212 g/mol. The van der Waals surface area contributed by atoms with Crippen molar-refractivity contribution in [2.45, 2.75) is 4.17 Å². The van der Waals surface area contributed by atoms with Crippen molar-refractivity contribution in [3.05, 3.63) is 30.3 Å². The van der Waals surface area contributed by atoms with E-state index in [0.717, 1.165) is 0 Å². The third-order valence-electron chi connectivity index (χ3n) is 0.945. The second-order valence-corrected chi connectivity index (χ2v) is 2.85.